The Kier molecular flexibility index (Phi) is 8.49. The molecule has 3 amide bonds. The lowest BCUT2D eigenvalue weighted by molar-refractivity contribution is -0.125. The fraction of sp³-hybridized carbons (Fsp3) is 0.591. The third-order valence-electron chi connectivity index (χ3n) is 5.45. The molecule has 0 saturated heterocycles. The lowest BCUT2D eigenvalue weighted by atomic mass is 9.78. The van der Waals surface area contributed by atoms with Crippen molar-refractivity contribution >= 4 is 17.9 Å². The first-order valence-corrected chi connectivity index (χ1v) is 10.4. The molecule has 160 valence electrons. The Balaban J connectivity index is 1.76. The smallest absolute Gasteiger partial charge is 0.338 e. The Hall–Kier alpha value is -2.57. The summed E-state index contributed by atoms with van der Waals surface area (Å²) in [5.41, 5.74) is 1.23. The lowest BCUT2D eigenvalue weighted by Crippen LogP contribution is -2.45. The SMILES string of the molecule is CC(C)NC(=O)NCc1ccc(C(=O)OCC(=O)N[C@H]2CCC[C@@H](C)[C@H]2C)cc1. The zero-order valence-corrected chi connectivity index (χ0v) is 17.8. The van der Waals surface area contributed by atoms with Gasteiger partial charge in [0.2, 0.25) is 0 Å². The van der Waals surface area contributed by atoms with E-state index in [-0.39, 0.29) is 30.6 Å². The van der Waals surface area contributed by atoms with Gasteiger partial charge >= 0.3 is 12.0 Å². The van der Waals surface area contributed by atoms with E-state index in [4.69, 9.17) is 4.74 Å². The van der Waals surface area contributed by atoms with Crippen LogP contribution in [0, 0.1) is 11.8 Å². The maximum absolute atomic E-state index is 12.2. The Morgan fingerprint density at radius 1 is 1.10 bits per heavy atom. The predicted molar refractivity (Wildman–Crippen MR) is 111 cm³/mol. The van der Waals surface area contributed by atoms with E-state index >= 15 is 0 Å². The molecule has 1 aromatic rings. The van der Waals surface area contributed by atoms with Crippen LogP contribution in [0.15, 0.2) is 24.3 Å². The highest BCUT2D eigenvalue weighted by Crippen LogP contribution is 2.29. The van der Waals surface area contributed by atoms with Crippen LogP contribution < -0.4 is 16.0 Å². The Labute approximate surface area is 173 Å². The van der Waals surface area contributed by atoms with Crippen LogP contribution in [0.3, 0.4) is 0 Å². The van der Waals surface area contributed by atoms with Gasteiger partial charge in [-0.25, -0.2) is 9.59 Å². The van der Waals surface area contributed by atoms with Gasteiger partial charge in [-0.2, -0.15) is 0 Å². The summed E-state index contributed by atoms with van der Waals surface area (Å²) in [6.07, 6.45) is 3.27. The molecule has 29 heavy (non-hydrogen) atoms. The minimum absolute atomic E-state index is 0.0640. The molecule has 1 fully saturated rings. The van der Waals surface area contributed by atoms with Crippen molar-refractivity contribution in [2.75, 3.05) is 6.61 Å². The molecule has 7 nitrogen and oxygen atoms in total. The molecule has 1 saturated carbocycles. The molecule has 3 N–H and O–H groups in total. The van der Waals surface area contributed by atoms with Crippen LogP contribution in [0.2, 0.25) is 0 Å². The van der Waals surface area contributed by atoms with Crippen molar-refractivity contribution < 1.29 is 19.1 Å². The minimum Gasteiger partial charge on any atom is -0.452 e. The average Bonchev–Trinajstić information content (AvgIpc) is 2.68. The van der Waals surface area contributed by atoms with Crippen molar-refractivity contribution in [1.82, 2.24) is 16.0 Å². The van der Waals surface area contributed by atoms with E-state index < -0.39 is 5.97 Å². The number of hydrogen-bond acceptors (Lipinski definition) is 4. The maximum Gasteiger partial charge on any atom is 0.338 e. The van der Waals surface area contributed by atoms with Gasteiger partial charge in [-0.15, -0.1) is 0 Å². The van der Waals surface area contributed by atoms with Crippen molar-refractivity contribution in [3.8, 4) is 0 Å². The summed E-state index contributed by atoms with van der Waals surface area (Å²) >= 11 is 0. The number of carbonyl (C=O) groups is 3. The maximum atomic E-state index is 12.2. The summed E-state index contributed by atoms with van der Waals surface area (Å²) < 4.78 is 5.14. The van der Waals surface area contributed by atoms with Gasteiger partial charge in [0.1, 0.15) is 0 Å². The number of amides is 3. The Bertz CT molecular complexity index is 703. The monoisotopic (exact) mass is 403 g/mol. The first-order valence-electron chi connectivity index (χ1n) is 10.4. The number of urea groups is 1. The number of hydrogen-bond donors (Lipinski definition) is 3. The van der Waals surface area contributed by atoms with Crippen molar-refractivity contribution in [3.63, 3.8) is 0 Å². The van der Waals surface area contributed by atoms with Crippen LogP contribution in [0.25, 0.3) is 0 Å². The summed E-state index contributed by atoms with van der Waals surface area (Å²) in [5.74, 6) is 0.205. The fourth-order valence-electron chi connectivity index (χ4n) is 3.50. The summed E-state index contributed by atoms with van der Waals surface area (Å²) in [6, 6.07) is 6.72. The third kappa shape index (κ3) is 7.40. The van der Waals surface area contributed by atoms with Gasteiger partial charge in [-0.05, 0) is 49.8 Å². The molecule has 1 aromatic carbocycles. The van der Waals surface area contributed by atoms with E-state index in [9.17, 15) is 14.4 Å². The first-order chi connectivity index (χ1) is 13.8. The first kappa shape index (κ1) is 22.7. The summed E-state index contributed by atoms with van der Waals surface area (Å²) in [7, 11) is 0. The zero-order valence-electron chi connectivity index (χ0n) is 17.8. The molecule has 0 aromatic heterocycles. The second-order valence-corrected chi connectivity index (χ2v) is 8.20. The summed E-state index contributed by atoms with van der Waals surface area (Å²) in [6.45, 7) is 8.21. The van der Waals surface area contributed by atoms with Gasteiger partial charge in [-0.1, -0.05) is 38.8 Å². The number of rotatable bonds is 7. The van der Waals surface area contributed by atoms with E-state index in [1.807, 2.05) is 13.8 Å². The molecule has 0 radical (unpaired) electrons. The normalized spacial score (nSPS) is 21.3. The van der Waals surface area contributed by atoms with E-state index in [0.717, 1.165) is 18.4 Å². The molecule has 3 atom stereocenters. The molecular weight excluding hydrogens is 370 g/mol. The molecule has 2 rings (SSSR count). The molecule has 0 aliphatic heterocycles. The molecule has 7 heteroatoms. The highest BCUT2D eigenvalue weighted by Gasteiger charge is 2.28. The van der Waals surface area contributed by atoms with Crippen molar-refractivity contribution in [1.29, 1.82) is 0 Å². The lowest BCUT2D eigenvalue weighted by Gasteiger charge is -2.34. The topological polar surface area (TPSA) is 96.5 Å². The Morgan fingerprint density at radius 3 is 2.45 bits per heavy atom. The summed E-state index contributed by atoms with van der Waals surface area (Å²) in [4.78, 5) is 35.9. The minimum atomic E-state index is -0.540. The van der Waals surface area contributed by atoms with E-state index in [1.165, 1.54) is 6.42 Å². The molecule has 0 spiro atoms. The summed E-state index contributed by atoms with van der Waals surface area (Å²) in [5, 5.41) is 8.48. The van der Waals surface area contributed by atoms with Crippen molar-refractivity contribution in [2.24, 2.45) is 11.8 Å². The fourth-order valence-corrected chi connectivity index (χ4v) is 3.50. The van der Waals surface area contributed by atoms with Crippen LogP contribution in [-0.2, 0) is 16.1 Å². The number of esters is 1. The third-order valence-corrected chi connectivity index (χ3v) is 5.45. The van der Waals surface area contributed by atoms with Gasteiger partial charge in [-0.3, -0.25) is 4.79 Å². The molecule has 0 unspecified atom stereocenters. The standard InChI is InChI=1S/C22H33N3O4/c1-14(2)24-22(28)23-12-17-8-10-18(11-9-17)21(27)29-13-20(26)25-19-7-5-6-15(3)16(19)4/h8-11,14-16,19H,5-7,12-13H2,1-4H3,(H,25,26)(H2,23,24,28)/t15-,16-,19+/m1/s1. The molecule has 1 aliphatic rings. The van der Waals surface area contributed by atoms with Crippen molar-refractivity contribution in [3.05, 3.63) is 35.4 Å². The number of benzene rings is 1. The van der Waals surface area contributed by atoms with Gasteiger partial charge in [0, 0.05) is 18.6 Å². The predicted octanol–water partition coefficient (Wildman–Crippen LogP) is 2.99. The van der Waals surface area contributed by atoms with Crippen LogP contribution in [-0.4, -0.2) is 36.6 Å². The molecule has 0 bridgehead atoms. The quantitative estimate of drug-likeness (QED) is 0.610. The largest absolute Gasteiger partial charge is 0.452 e. The second-order valence-electron chi connectivity index (χ2n) is 8.20. The van der Waals surface area contributed by atoms with Crippen LogP contribution >= 0.6 is 0 Å². The van der Waals surface area contributed by atoms with Gasteiger partial charge in [0.15, 0.2) is 6.61 Å². The van der Waals surface area contributed by atoms with Gasteiger partial charge < -0.3 is 20.7 Å². The van der Waals surface area contributed by atoms with E-state index in [2.05, 4.69) is 29.8 Å². The van der Waals surface area contributed by atoms with Gasteiger partial charge in [0.25, 0.3) is 5.91 Å². The highest BCUT2D eigenvalue weighted by atomic mass is 16.5. The second kappa shape index (κ2) is 10.8. The number of carbonyl (C=O) groups excluding carboxylic acids is 3. The molecule has 0 heterocycles. The van der Waals surface area contributed by atoms with Crippen LogP contribution in [0.4, 0.5) is 4.79 Å². The number of ether oxygens (including phenoxy) is 1. The van der Waals surface area contributed by atoms with E-state index in [1.54, 1.807) is 24.3 Å². The average molecular weight is 404 g/mol. The van der Waals surface area contributed by atoms with E-state index in [0.29, 0.717) is 23.9 Å². The molecular formula is C22H33N3O4. The number of nitrogens with one attached hydrogen (secondary N) is 3. The Morgan fingerprint density at radius 2 is 1.79 bits per heavy atom. The van der Waals surface area contributed by atoms with Gasteiger partial charge in [0.05, 0.1) is 5.56 Å². The van der Waals surface area contributed by atoms with Crippen LogP contribution in [0.1, 0.15) is 62.9 Å². The van der Waals surface area contributed by atoms with Crippen LogP contribution in [0.5, 0.6) is 0 Å². The molecule has 1 aliphatic carbocycles. The van der Waals surface area contributed by atoms with Crippen molar-refractivity contribution in [2.45, 2.75) is 65.6 Å². The zero-order chi connectivity index (χ0) is 21.4. The highest BCUT2D eigenvalue weighted by molar-refractivity contribution is 5.91.